The van der Waals surface area contributed by atoms with Crippen LogP contribution in [-0.4, -0.2) is 23.1 Å². The minimum Gasteiger partial charge on any atom is -0.367 e. The molecule has 1 aliphatic heterocycles. The zero-order chi connectivity index (χ0) is 11.9. The highest BCUT2D eigenvalue weighted by Crippen LogP contribution is 2.19. The number of aromatic nitrogens is 2. The van der Waals surface area contributed by atoms with E-state index in [1.165, 1.54) is 25.7 Å². The van der Waals surface area contributed by atoms with Gasteiger partial charge in [-0.2, -0.15) is 0 Å². The van der Waals surface area contributed by atoms with Crippen LogP contribution in [0.4, 0.5) is 11.6 Å². The van der Waals surface area contributed by atoms with Crippen molar-refractivity contribution in [3.8, 4) is 0 Å². The van der Waals surface area contributed by atoms with Gasteiger partial charge in [-0.25, -0.2) is 9.97 Å². The van der Waals surface area contributed by atoms with Crippen molar-refractivity contribution in [1.29, 1.82) is 0 Å². The minimum atomic E-state index is 0.903. The van der Waals surface area contributed by atoms with E-state index in [1.54, 1.807) is 0 Å². The first-order valence-corrected chi connectivity index (χ1v) is 6.74. The van der Waals surface area contributed by atoms with Gasteiger partial charge in [0.25, 0.3) is 0 Å². The molecule has 2 rings (SSSR count). The van der Waals surface area contributed by atoms with Crippen LogP contribution < -0.4 is 10.6 Å². The zero-order valence-corrected chi connectivity index (χ0v) is 10.6. The van der Waals surface area contributed by atoms with Crippen molar-refractivity contribution >= 4 is 11.6 Å². The maximum Gasteiger partial charge on any atom is 0.169 e. The Hall–Kier alpha value is -1.32. The predicted molar refractivity (Wildman–Crippen MR) is 71.5 cm³/mol. The summed E-state index contributed by atoms with van der Waals surface area (Å²) in [4.78, 5) is 9.08. The number of fused-ring (bicyclic) bond motifs is 1. The summed E-state index contributed by atoms with van der Waals surface area (Å²) in [5, 5.41) is 6.62. The Labute approximate surface area is 103 Å². The molecule has 2 heterocycles. The van der Waals surface area contributed by atoms with Crippen molar-refractivity contribution in [2.24, 2.45) is 0 Å². The number of hydrogen-bond acceptors (Lipinski definition) is 4. The van der Waals surface area contributed by atoms with Crippen LogP contribution in [0.5, 0.6) is 0 Å². The zero-order valence-electron chi connectivity index (χ0n) is 10.6. The molecule has 17 heavy (non-hydrogen) atoms. The summed E-state index contributed by atoms with van der Waals surface area (Å²) >= 11 is 0. The van der Waals surface area contributed by atoms with Crippen LogP contribution in [-0.2, 0) is 6.42 Å². The van der Waals surface area contributed by atoms with Gasteiger partial charge in [0.2, 0.25) is 0 Å². The van der Waals surface area contributed by atoms with Crippen LogP contribution in [0.1, 0.15) is 44.7 Å². The van der Waals surface area contributed by atoms with Crippen LogP contribution >= 0.6 is 0 Å². The van der Waals surface area contributed by atoms with Crippen molar-refractivity contribution in [2.75, 3.05) is 23.7 Å². The number of nitrogens with one attached hydrogen (secondary N) is 2. The highest BCUT2D eigenvalue weighted by Gasteiger charge is 2.09. The molecule has 0 unspecified atom stereocenters. The Kier molecular flexibility index (Phi) is 4.59. The second-order valence-corrected chi connectivity index (χ2v) is 4.58. The van der Waals surface area contributed by atoms with Gasteiger partial charge in [0.15, 0.2) is 11.6 Å². The minimum absolute atomic E-state index is 0.903. The molecule has 94 valence electrons. The average molecular weight is 234 g/mol. The van der Waals surface area contributed by atoms with Gasteiger partial charge in [-0.3, -0.25) is 0 Å². The lowest BCUT2D eigenvalue weighted by Gasteiger charge is -2.08. The Morgan fingerprint density at radius 3 is 2.76 bits per heavy atom. The molecule has 4 nitrogen and oxygen atoms in total. The van der Waals surface area contributed by atoms with Crippen molar-refractivity contribution in [1.82, 2.24) is 9.97 Å². The third-order valence-corrected chi connectivity index (χ3v) is 3.05. The first-order valence-electron chi connectivity index (χ1n) is 6.74. The van der Waals surface area contributed by atoms with E-state index in [4.69, 9.17) is 0 Å². The molecule has 2 N–H and O–H groups in total. The third-order valence-electron chi connectivity index (χ3n) is 3.05. The van der Waals surface area contributed by atoms with E-state index in [2.05, 4.69) is 27.5 Å². The van der Waals surface area contributed by atoms with Gasteiger partial charge in [0, 0.05) is 13.1 Å². The summed E-state index contributed by atoms with van der Waals surface area (Å²) in [5.41, 5.74) is 1.11. The predicted octanol–water partition coefficient (Wildman–Crippen LogP) is 2.83. The topological polar surface area (TPSA) is 49.8 Å². The SMILES string of the molecule is CCCCCCc1cnc2c(n1)NCCCN2. The van der Waals surface area contributed by atoms with E-state index in [0.29, 0.717) is 0 Å². The van der Waals surface area contributed by atoms with E-state index in [9.17, 15) is 0 Å². The van der Waals surface area contributed by atoms with Gasteiger partial charge in [0.05, 0.1) is 11.9 Å². The summed E-state index contributed by atoms with van der Waals surface area (Å²) in [6, 6.07) is 0. The quantitative estimate of drug-likeness (QED) is 0.769. The fourth-order valence-corrected chi connectivity index (χ4v) is 2.03. The maximum absolute atomic E-state index is 4.63. The van der Waals surface area contributed by atoms with Crippen LogP contribution in [0.3, 0.4) is 0 Å². The summed E-state index contributed by atoms with van der Waals surface area (Å²) in [6.07, 6.45) is 9.17. The first-order chi connectivity index (χ1) is 8.40. The molecule has 1 aromatic rings. The summed E-state index contributed by atoms with van der Waals surface area (Å²) < 4.78 is 0. The Morgan fingerprint density at radius 1 is 1.12 bits per heavy atom. The molecule has 1 aromatic heterocycles. The third kappa shape index (κ3) is 3.58. The number of anilines is 2. The molecule has 0 spiro atoms. The average Bonchev–Trinajstić information content (AvgIpc) is 2.59. The lowest BCUT2D eigenvalue weighted by molar-refractivity contribution is 0.660. The van der Waals surface area contributed by atoms with Crippen LogP contribution in [0, 0.1) is 0 Å². The van der Waals surface area contributed by atoms with Crippen LogP contribution in [0.15, 0.2) is 6.20 Å². The Bertz CT molecular complexity index is 351. The number of rotatable bonds is 5. The molecule has 0 atom stereocenters. The van der Waals surface area contributed by atoms with Crippen LogP contribution in [0.25, 0.3) is 0 Å². The monoisotopic (exact) mass is 234 g/mol. The molecule has 0 saturated heterocycles. The first kappa shape index (κ1) is 12.1. The maximum atomic E-state index is 4.63. The molecule has 0 aromatic carbocycles. The number of nitrogens with zero attached hydrogens (tertiary/aromatic N) is 2. The van der Waals surface area contributed by atoms with Crippen molar-refractivity contribution in [3.05, 3.63) is 11.9 Å². The second-order valence-electron chi connectivity index (χ2n) is 4.58. The van der Waals surface area contributed by atoms with Crippen molar-refractivity contribution in [2.45, 2.75) is 45.4 Å². The number of unbranched alkanes of at least 4 members (excludes halogenated alkanes) is 3. The van der Waals surface area contributed by atoms with E-state index in [-0.39, 0.29) is 0 Å². The number of hydrogen-bond donors (Lipinski definition) is 2. The smallest absolute Gasteiger partial charge is 0.169 e. The summed E-state index contributed by atoms with van der Waals surface area (Å²) in [7, 11) is 0. The summed E-state index contributed by atoms with van der Waals surface area (Å²) in [5.74, 6) is 1.83. The lowest BCUT2D eigenvalue weighted by Crippen LogP contribution is -2.04. The normalized spacial score (nSPS) is 14.4. The number of aryl methyl sites for hydroxylation is 1. The van der Waals surface area contributed by atoms with Crippen molar-refractivity contribution < 1.29 is 0 Å². The molecule has 0 amide bonds. The van der Waals surface area contributed by atoms with Gasteiger partial charge >= 0.3 is 0 Å². The fourth-order valence-electron chi connectivity index (χ4n) is 2.03. The second kappa shape index (κ2) is 6.42. The molecule has 1 aliphatic rings. The van der Waals surface area contributed by atoms with Gasteiger partial charge in [-0.15, -0.1) is 0 Å². The molecule has 0 radical (unpaired) electrons. The van der Waals surface area contributed by atoms with Crippen LogP contribution in [0.2, 0.25) is 0 Å². The fraction of sp³-hybridized carbons (Fsp3) is 0.692. The van der Waals surface area contributed by atoms with E-state index >= 15 is 0 Å². The highest BCUT2D eigenvalue weighted by molar-refractivity contribution is 5.59. The van der Waals surface area contributed by atoms with Crippen molar-refractivity contribution in [3.63, 3.8) is 0 Å². The molecule has 0 fully saturated rings. The summed E-state index contributed by atoms with van der Waals surface area (Å²) in [6.45, 7) is 4.19. The molecule has 4 heteroatoms. The van der Waals surface area contributed by atoms with E-state index < -0.39 is 0 Å². The van der Waals surface area contributed by atoms with Gasteiger partial charge in [0.1, 0.15) is 0 Å². The van der Waals surface area contributed by atoms with E-state index in [0.717, 1.165) is 43.3 Å². The Morgan fingerprint density at radius 2 is 1.94 bits per heavy atom. The van der Waals surface area contributed by atoms with Gasteiger partial charge < -0.3 is 10.6 Å². The van der Waals surface area contributed by atoms with Gasteiger partial charge in [-0.05, 0) is 19.3 Å². The lowest BCUT2D eigenvalue weighted by atomic mass is 10.1. The molecular formula is C13H22N4. The van der Waals surface area contributed by atoms with Gasteiger partial charge in [-0.1, -0.05) is 26.2 Å². The molecule has 0 bridgehead atoms. The molecular weight excluding hydrogens is 212 g/mol. The molecule has 0 saturated carbocycles. The molecule has 0 aliphatic carbocycles. The Balaban J connectivity index is 1.93. The standard InChI is InChI=1S/C13H22N4/c1-2-3-4-5-7-11-10-16-12-13(17-11)15-9-6-8-14-12/h10H,2-9H2,1H3,(H,14,16)(H,15,17). The highest BCUT2D eigenvalue weighted by atomic mass is 15.1. The largest absolute Gasteiger partial charge is 0.367 e. The van der Waals surface area contributed by atoms with E-state index in [1.807, 2.05) is 6.20 Å².